The van der Waals surface area contributed by atoms with Crippen LogP contribution < -0.4 is 20.1 Å². The summed E-state index contributed by atoms with van der Waals surface area (Å²) in [5, 5.41) is 0.328. The van der Waals surface area contributed by atoms with Crippen molar-refractivity contribution in [2.75, 3.05) is 23.6 Å². The molecule has 0 saturated carbocycles. The molecule has 1 aliphatic rings. The van der Waals surface area contributed by atoms with Crippen LogP contribution in [0.1, 0.15) is 27.8 Å². The van der Waals surface area contributed by atoms with Crippen LogP contribution in [0.4, 0.5) is 11.5 Å². The molecule has 47 heavy (non-hydrogen) atoms. The van der Waals surface area contributed by atoms with E-state index in [0.29, 0.717) is 31.3 Å². The minimum absolute atomic E-state index is 0.0664. The van der Waals surface area contributed by atoms with Gasteiger partial charge in [0.2, 0.25) is 5.28 Å². The Kier molecular flexibility index (Phi) is 8.41. The van der Waals surface area contributed by atoms with Gasteiger partial charge in [0.05, 0.1) is 20.3 Å². The summed E-state index contributed by atoms with van der Waals surface area (Å²) in [5.41, 5.74) is 4.89. The monoisotopic (exact) mass is 659 g/mol. The van der Waals surface area contributed by atoms with Crippen LogP contribution >= 0.6 is 23.2 Å². The molecule has 0 fully saturated rings. The Morgan fingerprint density at radius 2 is 1.26 bits per heavy atom. The number of aromatic nitrogens is 3. The first kappa shape index (κ1) is 30.5. The molecule has 1 aliphatic heterocycles. The number of fused-ring (bicyclic) bond motifs is 1. The number of rotatable bonds is 9. The zero-order valence-corrected chi connectivity index (χ0v) is 27.1. The van der Waals surface area contributed by atoms with Crippen LogP contribution in [0.5, 0.6) is 5.75 Å². The molecule has 0 spiro atoms. The van der Waals surface area contributed by atoms with E-state index >= 15 is 0 Å². The van der Waals surface area contributed by atoms with Crippen molar-refractivity contribution in [3.63, 3.8) is 0 Å². The Hall–Kier alpha value is -5.11. The highest BCUT2D eigenvalue weighted by Gasteiger charge is 2.48. The van der Waals surface area contributed by atoms with Crippen molar-refractivity contribution >= 4 is 34.7 Å². The summed E-state index contributed by atoms with van der Waals surface area (Å²) in [5.74, 6) is 1.39. The van der Waals surface area contributed by atoms with Gasteiger partial charge in [0.15, 0.2) is 11.0 Å². The topological polar surface area (TPSA) is 63.5 Å². The fourth-order valence-electron chi connectivity index (χ4n) is 6.51. The van der Waals surface area contributed by atoms with Crippen LogP contribution in [0.25, 0.3) is 0 Å². The van der Waals surface area contributed by atoms with Crippen LogP contribution in [-0.2, 0) is 18.6 Å². The van der Waals surface area contributed by atoms with E-state index in [0.717, 1.165) is 33.6 Å². The lowest BCUT2D eigenvalue weighted by molar-refractivity contribution is 0.414. The highest BCUT2D eigenvalue weighted by Crippen LogP contribution is 2.51. The van der Waals surface area contributed by atoms with Crippen LogP contribution in [0.15, 0.2) is 138 Å². The van der Waals surface area contributed by atoms with Crippen molar-refractivity contribution in [1.82, 2.24) is 14.5 Å². The molecular formula is C38H31Cl2N5O2. The Bertz CT molecular complexity index is 1960. The van der Waals surface area contributed by atoms with Crippen molar-refractivity contribution in [2.24, 2.45) is 0 Å². The molecule has 7 nitrogen and oxygen atoms in total. The van der Waals surface area contributed by atoms with E-state index in [1.54, 1.807) is 17.7 Å². The van der Waals surface area contributed by atoms with E-state index in [2.05, 4.69) is 87.6 Å². The second kappa shape index (κ2) is 12.9. The van der Waals surface area contributed by atoms with Gasteiger partial charge >= 0.3 is 0 Å². The number of pyridine rings is 1. The highest BCUT2D eigenvalue weighted by atomic mass is 35.5. The van der Waals surface area contributed by atoms with E-state index in [9.17, 15) is 4.79 Å². The molecule has 2 aromatic heterocycles. The molecule has 3 heterocycles. The lowest BCUT2D eigenvalue weighted by Gasteiger charge is -2.44. The maximum atomic E-state index is 12.9. The molecule has 0 aliphatic carbocycles. The molecule has 234 valence electrons. The van der Waals surface area contributed by atoms with Crippen LogP contribution in [0, 0.1) is 0 Å². The molecule has 0 atom stereocenters. The number of halogens is 2. The standard InChI is InChI=1S/C38H31Cl2N5O2/c1-47-32-20-17-27(18-21-32)23-43-24-28(19-22-33(43)46)25-44-26-45(36-34(44)35(39)41-37(40)42-36)38(29-11-5-2-6-12-29,30-13-7-3-8-14-30)31-15-9-4-10-16-31/h2-22,24H,23,25-26H2,1H3. The summed E-state index contributed by atoms with van der Waals surface area (Å²) in [4.78, 5) is 26.5. The SMILES string of the molecule is COc1ccc(Cn2cc(CN3CN(C(c4ccccc4)(c4ccccc4)c4ccccc4)c4nc(Cl)nc(Cl)c43)ccc2=O)cc1. The molecule has 4 aromatic carbocycles. The van der Waals surface area contributed by atoms with Crippen molar-refractivity contribution in [1.29, 1.82) is 0 Å². The fourth-order valence-corrected chi connectivity index (χ4v) is 7.00. The summed E-state index contributed by atoms with van der Waals surface area (Å²) in [6.45, 7) is 1.30. The number of hydrogen-bond acceptors (Lipinski definition) is 6. The Balaban J connectivity index is 1.35. The lowest BCUT2D eigenvalue weighted by Crippen LogP contribution is -2.50. The van der Waals surface area contributed by atoms with Gasteiger partial charge in [-0.25, -0.2) is 4.98 Å². The third kappa shape index (κ3) is 5.73. The number of ether oxygens (including phenoxy) is 1. The van der Waals surface area contributed by atoms with E-state index < -0.39 is 5.54 Å². The predicted molar refractivity (Wildman–Crippen MR) is 188 cm³/mol. The molecule has 0 unspecified atom stereocenters. The maximum Gasteiger partial charge on any atom is 0.250 e. The normalized spacial score (nSPS) is 12.7. The average Bonchev–Trinajstić information content (AvgIpc) is 3.46. The van der Waals surface area contributed by atoms with Gasteiger partial charge in [-0.15, -0.1) is 0 Å². The second-order valence-electron chi connectivity index (χ2n) is 11.4. The number of methoxy groups -OCH3 is 1. The van der Waals surface area contributed by atoms with Gasteiger partial charge in [0, 0.05) is 18.8 Å². The maximum absolute atomic E-state index is 12.9. The van der Waals surface area contributed by atoms with Gasteiger partial charge in [0.1, 0.15) is 17.0 Å². The largest absolute Gasteiger partial charge is 0.497 e. The molecule has 0 radical (unpaired) electrons. The number of hydrogen-bond donors (Lipinski definition) is 0. The third-order valence-corrected chi connectivity index (χ3v) is 9.02. The Morgan fingerprint density at radius 3 is 1.81 bits per heavy atom. The molecule has 0 amide bonds. The fraction of sp³-hybridized carbons (Fsp3) is 0.132. The first-order valence-electron chi connectivity index (χ1n) is 15.2. The molecular weight excluding hydrogens is 629 g/mol. The van der Waals surface area contributed by atoms with Crippen LogP contribution in [0.2, 0.25) is 10.4 Å². The molecule has 0 saturated heterocycles. The Morgan fingerprint density at radius 1 is 0.702 bits per heavy atom. The minimum Gasteiger partial charge on any atom is -0.497 e. The molecule has 0 bridgehead atoms. The van der Waals surface area contributed by atoms with E-state index in [4.69, 9.17) is 32.9 Å². The first-order chi connectivity index (χ1) is 23.0. The second-order valence-corrected chi connectivity index (χ2v) is 12.1. The molecule has 9 heteroatoms. The average molecular weight is 661 g/mol. The zero-order chi connectivity index (χ0) is 32.4. The van der Waals surface area contributed by atoms with Crippen molar-refractivity contribution in [3.05, 3.63) is 182 Å². The van der Waals surface area contributed by atoms with Gasteiger partial charge in [-0.1, -0.05) is 121 Å². The molecule has 6 aromatic rings. The summed E-state index contributed by atoms with van der Waals surface area (Å²) in [6, 6.07) is 42.4. The Labute approximate surface area is 283 Å². The van der Waals surface area contributed by atoms with Crippen LogP contribution in [-0.4, -0.2) is 28.3 Å². The van der Waals surface area contributed by atoms with Gasteiger partial charge in [-0.3, -0.25) is 4.79 Å². The van der Waals surface area contributed by atoms with Gasteiger partial charge in [0.25, 0.3) is 5.56 Å². The number of nitrogens with zero attached hydrogens (tertiary/aromatic N) is 5. The minimum atomic E-state index is -0.804. The van der Waals surface area contributed by atoms with E-state index in [-0.39, 0.29) is 16.0 Å². The first-order valence-corrected chi connectivity index (χ1v) is 16.0. The molecule has 0 N–H and O–H groups in total. The van der Waals surface area contributed by atoms with E-state index in [1.807, 2.05) is 54.7 Å². The van der Waals surface area contributed by atoms with Crippen molar-refractivity contribution < 1.29 is 4.74 Å². The summed E-state index contributed by atoms with van der Waals surface area (Å²) < 4.78 is 7.01. The smallest absolute Gasteiger partial charge is 0.250 e. The van der Waals surface area contributed by atoms with Crippen molar-refractivity contribution in [2.45, 2.75) is 18.6 Å². The van der Waals surface area contributed by atoms with E-state index in [1.165, 1.54) is 0 Å². The summed E-state index contributed by atoms with van der Waals surface area (Å²) in [7, 11) is 1.63. The van der Waals surface area contributed by atoms with Crippen molar-refractivity contribution in [3.8, 4) is 5.75 Å². The van der Waals surface area contributed by atoms with Gasteiger partial charge < -0.3 is 19.1 Å². The van der Waals surface area contributed by atoms with Crippen LogP contribution in [0.3, 0.4) is 0 Å². The predicted octanol–water partition coefficient (Wildman–Crippen LogP) is 7.78. The zero-order valence-electron chi connectivity index (χ0n) is 25.6. The summed E-state index contributed by atoms with van der Waals surface area (Å²) >= 11 is 13.4. The highest BCUT2D eigenvalue weighted by molar-refractivity contribution is 6.34. The number of anilines is 2. The van der Waals surface area contributed by atoms with Gasteiger partial charge in [-0.2, -0.15) is 4.98 Å². The lowest BCUT2D eigenvalue weighted by atomic mass is 9.75. The summed E-state index contributed by atoms with van der Waals surface area (Å²) in [6.07, 6.45) is 1.90. The quantitative estimate of drug-likeness (QED) is 0.0897. The third-order valence-electron chi connectivity index (χ3n) is 8.59. The van der Waals surface area contributed by atoms with Gasteiger partial charge in [-0.05, 0) is 51.6 Å². The number of benzene rings is 4. The molecule has 7 rings (SSSR count).